The molecule has 3 fully saturated rings. The molecular formula is C94H95B2BrClFN3O15S3. The normalized spacial score (nSPS) is 17.3. The molecular weight excluding hydrogens is 1660 g/mol. The molecule has 0 spiro atoms. The van der Waals surface area contributed by atoms with E-state index in [0.717, 1.165) is 61.9 Å². The molecule has 6 atom stereocenters. The van der Waals surface area contributed by atoms with Crippen LogP contribution in [-0.4, -0.2) is 139 Å². The Morgan fingerprint density at radius 1 is 0.450 bits per heavy atom. The van der Waals surface area contributed by atoms with Crippen LogP contribution in [0.25, 0.3) is 0 Å². The molecule has 18 nitrogen and oxygen atoms in total. The van der Waals surface area contributed by atoms with E-state index in [1.165, 1.54) is 57.8 Å². The maximum absolute atomic E-state index is 14.9. The van der Waals surface area contributed by atoms with Crippen molar-refractivity contribution in [2.45, 2.75) is 140 Å². The number of thioether (sulfide) groups is 1. The van der Waals surface area contributed by atoms with E-state index in [2.05, 4.69) is 58.6 Å². The van der Waals surface area contributed by atoms with Crippen molar-refractivity contribution in [1.82, 2.24) is 14.7 Å². The number of ketones is 2. The monoisotopic (exact) mass is 1760 g/mol. The Labute approximate surface area is 729 Å². The average Bonchev–Trinajstić information content (AvgIpc) is 1.64. The van der Waals surface area contributed by atoms with Crippen molar-refractivity contribution in [2.75, 3.05) is 45.5 Å². The Morgan fingerprint density at radius 2 is 0.800 bits per heavy atom. The van der Waals surface area contributed by atoms with Crippen LogP contribution in [-0.2, 0) is 44.2 Å². The highest BCUT2D eigenvalue weighted by Gasteiger charge is 2.44. The Hall–Kier alpha value is -9.78. The fourth-order valence-corrected chi connectivity index (χ4v) is 17.9. The largest absolute Gasteiger partial charge is 0.481 e. The summed E-state index contributed by atoms with van der Waals surface area (Å²) in [6.45, 7) is 24.5. The van der Waals surface area contributed by atoms with Gasteiger partial charge in [-0.05, 0) is 308 Å². The van der Waals surface area contributed by atoms with E-state index in [1.54, 1.807) is 160 Å². The Morgan fingerprint density at radius 3 is 1.22 bits per heavy atom. The molecule has 26 heteroatoms. The fraction of sp³-hybridized carbons (Fsp3) is 0.340. The van der Waals surface area contributed by atoms with E-state index < -0.39 is 70.3 Å². The van der Waals surface area contributed by atoms with Crippen molar-refractivity contribution >= 4 is 125 Å². The van der Waals surface area contributed by atoms with Gasteiger partial charge in [0.05, 0.1) is 12.0 Å². The number of halogens is 3. The van der Waals surface area contributed by atoms with E-state index >= 15 is 0 Å². The van der Waals surface area contributed by atoms with Crippen LogP contribution in [0, 0.1) is 82.9 Å². The predicted molar refractivity (Wildman–Crippen MR) is 472 cm³/mol. The molecule has 12 rings (SSSR count). The molecule has 0 N–H and O–H groups in total. The number of ether oxygens (including phenoxy) is 6. The van der Waals surface area contributed by atoms with E-state index in [-0.39, 0.29) is 66.9 Å². The maximum Gasteiger partial charge on any atom is 0.415 e. The minimum atomic E-state index is -1.50. The quantitative estimate of drug-likeness (QED) is 0.0177. The van der Waals surface area contributed by atoms with Gasteiger partial charge in [-0.15, -0.1) is 11.8 Å². The predicted octanol–water partition coefficient (Wildman–Crippen LogP) is 20.0. The molecule has 3 radical (unpaired) electrons. The molecule has 3 saturated heterocycles. The molecule has 0 bridgehead atoms. The topological polar surface area (TPSA) is 211 Å². The lowest BCUT2D eigenvalue weighted by atomic mass is 9.84. The maximum atomic E-state index is 14.9. The minimum Gasteiger partial charge on any atom is -0.481 e. The lowest BCUT2D eigenvalue weighted by Crippen LogP contribution is -2.41. The molecule has 3 aliphatic rings. The number of hydrogen-bond donors (Lipinski definition) is 0. The van der Waals surface area contributed by atoms with Crippen LogP contribution < -0.4 is 28.4 Å². The fourth-order valence-electron chi connectivity index (χ4n) is 15.7. The minimum absolute atomic E-state index is 0.0382. The highest BCUT2D eigenvalue weighted by molar-refractivity contribution is 9.10. The summed E-state index contributed by atoms with van der Waals surface area (Å²) in [7, 11) is 5.64. The number of carbonyl (C=O) groups is 8. The number of benzene rings is 9. The summed E-state index contributed by atoms with van der Waals surface area (Å²) < 4.78 is 57.0. The zero-order valence-electron chi connectivity index (χ0n) is 69.3. The summed E-state index contributed by atoms with van der Waals surface area (Å²) in [6, 6.07) is 53.0. The zero-order chi connectivity index (χ0) is 86.2. The summed E-state index contributed by atoms with van der Waals surface area (Å²) in [5, 5.41) is 0.550. The molecule has 3 heterocycles. The molecule has 120 heavy (non-hydrogen) atoms. The van der Waals surface area contributed by atoms with Crippen LogP contribution in [0.1, 0.15) is 118 Å². The van der Waals surface area contributed by atoms with Gasteiger partial charge in [0.1, 0.15) is 51.7 Å². The van der Waals surface area contributed by atoms with Crippen LogP contribution in [0.2, 0.25) is 5.02 Å². The molecule has 0 aromatic heterocycles. The number of aryl methyl sites for hydroxylation is 6. The number of carbonyl (C=O) groups excluding carboxylic acids is 8. The molecule has 3 amide bonds. The van der Waals surface area contributed by atoms with Gasteiger partial charge in [-0.3, -0.25) is 9.59 Å². The third-order valence-electron chi connectivity index (χ3n) is 22.2. The first-order valence-electron chi connectivity index (χ1n) is 39.6. The highest BCUT2D eigenvalue weighted by Crippen LogP contribution is 2.41. The van der Waals surface area contributed by atoms with Crippen molar-refractivity contribution < 1.29 is 75.4 Å². The van der Waals surface area contributed by atoms with Crippen molar-refractivity contribution in [2.24, 2.45) is 35.5 Å². The van der Waals surface area contributed by atoms with Crippen molar-refractivity contribution in [3.8, 4) is 34.5 Å². The Balaban J connectivity index is 0.664. The summed E-state index contributed by atoms with van der Waals surface area (Å²) in [5.74, 6) is -0.743. The first-order valence-corrected chi connectivity index (χ1v) is 43.7. The third-order valence-corrected chi connectivity index (χ3v) is 25.3. The summed E-state index contributed by atoms with van der Waals surface area (Å²) in [6.07, 6.45) is 2.68. The average molecular weight is 1760 g/mol. The van der Waals surface area contributed by atoms with E-state index in [9.17, 15) is 42.7 Å². The smallest absolute Gasteiger partial charge is 0.415 e. The molecule has 0 aliphatic carbocycles. The molecule has 0 saturated carbocycles. The SMILES string of the molecule is [B]C(=O)C(C)(C)Oc1c(C)cc(CC2CN(C(=O)Oc3ccc(Br)cc3)CC2C(=O)c2ccc(SOC(=O)C(C)(C)Oc3c(C)cc(CC4CN(C(=O)Oc5ccc(F)cc5)CC4C(=O)c4ccc(S[B]C(=O)C(C)(C)Oc5c(C)cc(CC6CN(C(=O)Oc7ccc(Cl)cc7)CC6Cc6ccc(SC)cc6)cc5C)cc4)cc3C)cc2)cc1C. The van der Waals surface area contributed by atoms with Crippen LogP contribution in [0.15, 0.2) is 201 Å². The van der Waals surface area contributed by atoms with Gasteiger partial charge >= 0.3 is 24.2 Å². The van der Waals surface area contributed by atoms with E-state index in [4.69, 9.17) is 52.1 Å². The molecule has 6 unspecified atom stereocenters. The molecule has 3 aliphatic heterocycles. The summed E-state index contributed by atoms with van der Waals surface area (Å²) >= 11 is 13.3. The lowest BCUT2D eigenvalue weighted by molar-refractivity contribution is -0.147. The highest BCUT2D eigenvalue weighted by atomic mass is 79.9. The van der Waals surface area contributed by atoms with Crippen LogP contribution in [0.4, 0.5) is 18.8 Å². The standard InChI is InChI=1S/C94H95B2BrClFN3O15S3/c1-54-40-62(41-55(2)83(54)114-92(7,8)86(95)105)46-69-50-101(90(109)111-73-26-20-70(97)21-27-73)53-80(69)82(104)65-18-36-78(37-19-65)120-117-88(107)94(11,12)116-85-58(5)42-63(43-59(85)6)47-68-51-102(91(110)113-75-30-24-72(99)25-31-75)52-79(68)81(103)64-16-34-77(35-17-64)119-96-87(106)93(9,10)115-84-56(3)38-61(39-57(84)4)45-67-49-100(89(108)112-74-28-22-71(98)23-29-74)48-66(67)44-60-14-32-76(118-13)33-15-60/h14-43,66-69,79-80H,44-53H2,1-13H3. The van der Waals surface area contributed by atoms with Crippen molar-refractivity contribution in [1.29, 1.82) is 0 Å². The van der Waals surface area contributed by atoms with Gasteiger partial charge in [-0.25, -0.2) is 23.6 Å². The molecule has 621 valence electrons. The van der Waals surface area contributed by atoms with Gasteiger partial charge in [0, 0.05) is 81.5 Å². The van der Waals surface area contributed by atoms with Gasteiger partial charge in [0.2, 0.25) is 5.60 Å². The first kappa shape index (κ1) is 89.5. The Kier molecular flexibility index (Phi) is 28.7. The summed E-state index contributed by atoms with van der Waals surface area (Å²) in [4.78, 5) is 118. The van der Waals surface area contributed by atoms with Gasteiger partial charge in [-0.1, -0.05) is 100 Å². The first-order chi connectivity index (χ1) is 56.9. The number of nitrogens with zero attached hydrogens (tertiary/aromatic N) is 3. The number of rotatable bonds is 30. The van der Waals surface area contributed by atoms with Crippen molar-refractivity contribution in [3.63, 3.8) is 0 Å². The summed E-state index contributed by atoms with van der Waals surface area (Å²) in [5.41, 5.74) is 4.69. The van der Waals surface area contributed by atoms with Crippen LogP contribution in [0.3, 0.4) is 0 Å². The van der Waals surface area contributed by atoms with Gasteiger partial charge in [-0.2, -0.15) is 11.6 Å². The van der Waals surface area contributed by atoms with Gasteiger partial charge in [0.25, 0.3) is 6.56 Å². The zero-order valence-corrected chi connectivity index (χ0v) is 74.1. The second-order valence-electron chi connectivity index (χ2n) is 32.8. The van der Waals surface area contributed by atoms with E-state index in [1.807, 2.05) is 65.8 Å². The van der Waals surface area contributed by atoms with Gasteiger partial charge in [0.15, 0.2) is 30.6 Å². The Bertz CT molecular complexity index is 5250. The number of Topliss-reactive ketones (excluding diaryl/α,β-unsaturated/α-hetero) is 2. The second kappa shape index (κ2) is 38.5. The third kappa shape index (κ3) is 22.5. The number of amides is 3. The van der Waals surface area contributed by atoms with Crippen LogP contribution >= 0.6 is 62.9 Å². The molecule has 9 aromatic carbocycles. The molecule has 9 aromatic rings. The lowest BCUT2D eigenvalue weighted by Gasteiger charge is -2.28. The number of likely N-dealkylation sites (tertiary alicyclic amines) is 3. The van der Waals surface area contributed by atoms with Crippen molar-refractivity contribution in [3.05, 3.63) is 264 Å². The van der Waals surface area contributed by atoms with E-state index in [0.29, 0.717) is 98.2 Å². The number of hydrogen-bond acceptors (Lipinski definition) is 18. The van der Waals surface area contributed by atoms with Gasteiger partial charge < -0.3 is 56.9 Å². The second-order valence-corrected chi connectivity index (χ2v) is 36.8. The van der Waals surface area contributed by atoms with Crippen LogP contribution in [0.5, 0.6) is 34.5 Å².